The number of carbonyl (C=O) groups is 1. The van der Waals surface area contributed by atoms with E-state index in [-0.39, 0.29) is 23.2 Å². The number of alkyl halides is 1. The quantitative estimate of drug-likeness (QED) is 0.708. The van der Waals surface area contributed by atoms with E-state index in [1.807, 2.05) is 63.2 Å². The molecule has 2 unspecified atom stereocenters. The third kappa shape index (κ3) is 2.52. The van der Waals surface area contributed by atoms with E-state index >= 15 is 0 Å². The number of hydrogen-bond acceptors (Lipinski definition) is 2. The predicted octanol–water partition coefficient (Wildman–Crippen LogP) is 5.25. The summed E-state index contributed by atoms with van der Waals surface area (Å²) in [6, 6.07) is 13.8. The lowest BCUT2D eigenvalue weighted by Crippen LogP contribution is -2.30. The second-order valence-corrected chi connectivity index (χ2v) is 6.60. The van der Waals surface area contributed by atoms with E-state index < -0.39 is 0 Å². The fraction of sp³-hybridized carbons (Fsp3) is 0.316. The molecule has 3 heteroatoms. The van der Waals surface area contributed by atoms with Crippen LogP contribution in [0.15, 0.2) is 42.5 Å². The first-order valence-corrected chi connectivity index (χ1v) is 7.97. The summed E-state index contributed by atoms with van der Waals surface area (Å²) in [5.41, 5.74) is 3.59. The average molecular weight is 315 g/mol. The molecule has 1 aliphatic heterocycles. The highest BCUT2D eigenvalue weighted by molar-refractivity contribution is 6.21. The molecule has 2 aromatic rings. The molecule has 0 N–H and O–H groups in total. The Morgan fingerprint density at radius 1 is 1.18 bits per heavy atom. The van der Waals surface area contributed by atoms with Gasteiger partial charge in [-0.3, -0.25) is 4.79 Å². The Morgan fingerprint density at radius 3 is 2.50 bits per heavy atom. The van der Waals surface area contributed by atoms with E-state index in [9.17, 15) is 4.79 Å². The zero-order chi connectivity index (χ0) is 15.9. The highest BCUT2D eigenvalue weighted by atomic mass is 35.5. The Balaban J connectivity index is 2.13. The van der Waals surface area contributed by atoms with Crippen molar-refractivity contribution in [3.8, 4) is 5.75 Å². The van der Waals surface area contributed by atoms with Crippen molar-refractivity contribution < 1.29 is 9.53 Å². The van der Waals surface area contributed by atoms with Gasteiger partial charge in [0, 0.05) is 5.56 Å². The second kappa shape index (κ2) is 5.77. The molecule has 2 nitrogen and oxygen atoms in total. The molecule has 1 aliphatic rings. The van der Waals surface area contributed by atoms with E-state index in [2.05, 4.69) is 0 Å². The van der Waals surface area contributed by atoms with E-state index in [0.717, 1.165) is 16.7 Å². The van der Waals surface area contributed by atoms with E-state index in [1.54, 1.807) is 0 Å². The Hall–Kier alpha value is -1.80. The van der Waals surface area contributed by atoms with Gasteiger partial charge >= 0.3 is 0 Å². The molecule has 0 bridgehead atoms. The lowest BCUT2D eigenvalue weighted by molar-refractivity contribution is 0.0687. The van der Waals surface area contributed by atoms with Crippen molar-refractivity contribution in [1.29, 1.82) is 0 Å². The van der Waals surface area contributed by atoms with Crippen molar-refractivity contribution in [2.45, 2.75) is 32.3 Å². The van der Waals surface area contributed by atoms with Crippen LogP contribution in [-0.2, 0) is 0 Å². The molecule has 0 fully saturated rings. The Labute approximate surface area is 136 Å². The van der Waals surface area contributed by atoms with Crippen LogP contribution < -0.4 is 4.74 Å². The number of halogens is 1. The minimum atomic E-state index is -0.266. The average Bonchev–Trinajstić information content (AvgIpc) is 2.51. The van der Waals surface area contributed by atoms with Crippen molar-refractivity contribution in [2.24, 2.45) is 5.92 Å². The summed E-state index contributed by atoms with van der Waals surface area (Å²) in [4.78, 5) is 12.8. The maximum absolute atomic E-state index is 12.8. The van der Waals surface area contributed by atoms with Crippen LogP contribution in [0.5, 0.6) is 5.75 Å². The molecule has 0 saturated heterocycles. The van der Waals surface area contributed by atoms with Crippen LogP contribution in [-0.4, -0.2) is 5.78 Å². The summed E-state index contributed by atoms with van der Waals surface area (Å²) in [5, 5.41) is -0.203. The van der Waals surface area contributed by atoms with Crippen LogP contribution in [0.2, 0.25) is 0 Å². The Bertz CT molecular complexity index is 707. The number of hydrogen-bond donors (Lipinski definition) is 0. The number of carbonyl (C=O) groups excluding carboxylic acids is 1. The van der Waals surface area contributed by atoms with Gasteiger partial charge in [0.2, 0.25) is 0 Å². The van der Waals surface area contributed by atoms with Crippen molar-refractivity contribution in [2.75, 3.05) is 0 Å². The topological polar surface area (TPSA) is 26.3 Å². The van der Waals surface area contributed by atoms with Crippen LogP contribution in [0.1, 0.15) is 52.4 Å². The first kappa shape index (κ1) is 15.1. The molecular weight excluding hydrogens is 296 g/mol. The molecule has 0 amide bonds. The highest BCUT2D eigenvalue weighted by Gasteiger charge is 2.36. The van der Waals surface area contributed by atoms with Gasteiger partial charge in [-0.05, 0) is 31.0 Å². The normalized spacial score (nSPS) is 21.9. The number of benzene rings is 2. The summed E-state index contributed by atoms with van der Waals surface area (Å²) in [7, 11) is 0. The van der Waals surface area contributed by atoms with Gasteiger partial charge in [-0.1, -0.05) is 43.3 Å². The second-order valence-electron chi connectivity index (χ2n) is 5.95. The van der Waals surface area contributed by atoms with Crippen LogP contribution >= 0.6 is 11.6 Å². The maximum Gasteiger partial charge on any atom is 0.173 e. The van der Waals surface area contributed by atoms with Gasteiger partial charge < -0.3 is 4.74 Å². The summed E-state index contributed by atoms with van der Waals surface area (Å²) < 4.78 is 6.24. The van der Waals surface area contributed by atoms with E-state index in [4.69, 9.17) is 16.3 Å². The van der Waals surface area contributed by atoms with Crippen LogP contribution in [0.3, 0.4) is 0 Å². The van der Waals surface area contributed by atoms with Gasteiger partial charge in [0.05, 0.1) is 16.9 Å². The molecule has 1 heterocycles. The molecule has 3 atom stereocenters. The molecule has 3 rings (SSSR count). The molecule has 114 valence electrons. The number of aryl methyl sites for hydroxylation is 1. The van der Waals surface area contributed by atoms with E-state index in [0.29, 0.717) is 11.3 Å². The van der Waals surface area contributed by atoms with Gasteiger partial charge in [-0.15, -0.1) is 11.6 Å². The molecule has 2 aromatic carbocycles. The molecule has 22 heavy (non-hydrogen) atoms. The Morgan fingerprint density at radius 2 is 1.86 bits per heavy atom. The summed E-state index contributed by atoms with van der Waals surface area (Å²) in [6.07, 6.45) is -0.266. The van der Waals surface area contributed by atoms with Crippen molar-refractivity contribution >= 4 is 17.4 Å². The van der Waals surface area contributed by atoms with Gasteiger partial charge in [-0.25, -0.2) is 0 Å². The zero-order valence-corrected chi connectivity index (χ0v) is 13.7. The molecule has 0 aromatic heterocycles. The number of Topliss-reactive ketones (excluding diaryl/α,β-unsaturated/α-hetero) is 1. The summed E-state index contributed by atoms with van der Waals surface area (Å²) in [6.45, 7) is 5.80. The number of rotatable bonds is 2. The smallest absolute Gasteiger partial charge is 0.173 e. The van der Waals surface area contributed by atoms with Crippen molar-refractivity contribution in [3.05, 3.63) is 64.7 Å². The fourth-order valence-electron chi connectivity index (χ4n) is 3.02. The maximum atomic E-state index is 12.8. The van der Waals surface area contributed by atoms with Crippen LogP contribution in [0.25, 0.3) is 0 Å². The van der Waals surface area contributed by atoms with Gasteiger partial charge in [0.25, 0.3) is 0 Å². The van der Waals surface area contributed by atoms with Crippen molar-refractivity contribution in [3.63, 3.8) is 0 Å². The molecule has 0 aliphatic carbocycles. The first-order valence-electron chi connectivity index (χ1n) is 7.53. The van der Waals surface area contributed by atoms with Crippen LogP contribution in [0, 0.1) is 12.8 Å². The fourth-order valence-corrected chi connectivity index (χ4v) is 3.18. The SMILES string of the molecule is Cc1cc2c(c([C@H](C)Cl)c1)OC(c1ccccc1)C(C)C2=O. The highest BCUT2D eigenvalue weighted by Crippen LogP contribution is 2.43. The summed E-state index contributed by atoms with van der Waals surface area (Å²) >= 11 is 6.30. The lowest BCUT2D eigenvalue weighted by Gasteiger charge is -2.33. The van der Waals surface area contributed by atoms with Gasteiger partial charge in [0.1, 0.15) is 11.9 Å². The standard InChI is InChI=1S/C19H19ClO2/c1-11-9-15(13(3)20)19-16(10-11)17(21)12(2)18(22-19)14-7-5-4-6-8-14/h4-10,12-13,18H,1-3H3/t12?,13-,18?/m0/s1. The molecule has 0 saturated carbocycles. The number of fused-ring (bicyclic) bond motifs is 1. The largest absolute Gasteiger partial charge is 0.484 e. The number of ketones is 1. The third-order valence-electron chi connectivity index (χ3n) is 4.20. The van der Waals surface area contributed by atoms with E-state index in [1.165, 1.54) is 0 Å². The summed E-state index contributed by atoms with van der Waals surface area (Å²) in [5.74, 6) is 0.553. The van der Waals surface area contributed by atoms with Crippen molar-refractivity contribution in [1.82, 2.24) is 0 Å². The molecule has 0 radical (unpaired) electrons. The minimum Gasteiger partial charge on any atom is -0.484 e. The molecule has 0 spiro atoms. The molecular formula is C19H19ClO2. The predicted molar refractivity (Wildman–Crippen MR) is 88.8 cm³/mol. The first-order chi connectivity index (χ1) is 10.5. The Kier molecular flexibility index (Phi) is 3.96. The van der Waals surface area contributed by atoms with Gasteiger partial charge in [0.15, 0.2) is 5.78 Å². The van der Waals surface area contributed by atoms with Gasteiger partial charge in [-0.2, -0.15) is 0 Å². The number of ether oxygens (including phenoxy) is 1. The zero-order valence-electron chi connectivity index (χ0n) is 13.0. The van der Waals surface area contributed by atoms with Crippen LogP contribution in [0.4, 0.5) is 0 Å². The lowest BCUT2D eigenvalue weighted by atomic mass is 9.85. The minimum absolute atomic E-state index is 0.123. The third-order valence-corrected chi connectivity index (χ3v) is 4.43. The monoisotopic (exact) mass is 314 g/mol.